The predicted molar refractivity (Wildman–Crippen MR) is 151 cm³/mol. The van der Waals surface area contributed by atoms with Crippen LogP contribution in [0.3, 0.4) is 0 Å². The van der Waals surface area contributed by atoms with Crippen LogP contribution in [0.2, 0.25) is 0 Å². The van der Waals surface area contributed by atoms with Crippen molar-refractivity contribution in [3.63, 3.8) is 0 Å². The molecule has 0 bridgehead atoms. The highest BCUT2D eigenvalue weighted by molar-refractivity contribution is 7.89. The van der Waals surface area contributed by atoms with Gasteiger partial charge in [0.15, 0.2) is 0 Å². The minimum Gasteiger partial charge on any atom is -0.441 e. The van der Waals surface area contributed by atoms with Crippen molar-refractivity contribution in [1.29, 1.82) is 0 Å². The molecule has 3 aliphatic rings. The Morgan fingerprint density at radius 1 is 0.952 bits per heavy atom. The van der Waals surface area contributed by atoms with E-state index in [-0.39, 0.29) is 24.2 Å². The number of aliphatic hydroxyl groups excluding tert-OH is 2. The lowest BCUT2D eigenvalue weighted by molar-refractivity contribution is -0.0147. The molecule has 2 aromatic rings. The van der Waals surface area contributed by atoms with Gasteiger partial charge in [-0.3, -0.25) is 4.90 Å². The first-order chi connectivity index (χ1) is 20.2. The van der Waals surface area contributed by atoms with Crippen molar-refractivity contribution < 1.29 is 36.9 Å². The average molecular weight is 608 g/mol. The quantitative estimate of drug-likeness (QED) is 0.424. The number of benzene rings is 2. The number of rotatable bonds is 10. The predicted octanol–water partition coefficient (Wildman–Crippen LogP) is 3.67. The molecule has 1 aliphatic carbocycles. The number of ether oxygens (including phenoxy) is 1. The molecule has 1 saturated carbocycles. The number of piperidine rings is 2. The first-order valence-electron chi connectivity index (χ1n) is 14.7. The van der Waals surface area contributed by atoms with Gasteiger partial charge in [0.25, 0.3) is 0 Å². The molecule has 2 aliphatic heterocycles. The summed E-state index contributed by atoms with van der Waals surface area (Å²) in [6.07, 6.45) is 3.45. The molecule has 230 valence electrons. The van der Waals surface area contributed by atoms with Gasteiger partial charge in [0, 0.05) is 32.2 Å². The van der Waals surface area contributed by atoms with Gasteiger partial charge >= 0.3 is 6.09 Å². The molecule has 0 aromatic heterocycles. The van der Waals surface area contributed by atoms with Crippen molar-refractivity contribution in [2.45, 2.75) is 73.6 Å². The number of amides is 1. The van der Waals surface area contributed by atoms with Gasteiger partial charge in [0.05, 0.1) is 30.2 Å². The SMILES string of the molecule is O=C(OC1([C@H]2CCC[C@@H](c3cccc(F)c3)N2S(=O)(=O)c2ccc(F)cc2)CC1)N1CCC(N(CCO)CCO)CC1. The molecule has 3 fully saturated rings. The Kier molecular flexibility index (Phi) is 9.48. The van der Waals surface area contributed by atoms with E-state index >= 15 is 0 Å². The maximum absolute atomic E-state index is 14.3. The molecule has 2 heterocycles. The number of hydrogen-bond acceptors (Lipinski definition) is 7. The summed E-state index contributed by atoms with van der Waals surface area (Å²) in [4.78, 5) is 17.0. The summed E-state index contributed by atoms with van der Waals surface area (Å²) in [6, 6.07) is 9.35. The van der Waals surface area contributed by atoms with E-state index in [0.29, 0.717) is 76.7 Å². The monoisotopic (exact) mass is 607 g/mol. The third kappa shape index (κ3) is 6.47. The van der Waals surface area contributed by atoms with E-state index in [0.717, 1.165) is 12.1 Å². The van der Waals surface area contributed by atoms with Crippen molar-refractivity contribution in [1.82, 2.24) is 14.1 Å². The van der Waals surface area contributed by atoms with E-state index < -0.39 is 45.4 Å². The van der Waals surface area contributed by atoms with Crippen LogP contribution in [-0.4, -0.2) is 95.9 Å². The van der Waals surface area contributed by atoms with Gasteiger partial charge in [0.2, 0.25) is 10.0 Å². The molecule has 12 heteroatoms. The van der Waals surface area contributed by atoms with Crippen molar-refractivity contribution >= 4 is 16.1 Å². The lowest BCUT2D eigenvalue weighted by atomic mass is 9.90. The third-order valence-corrected chi connectivity index (χ3v) is 10.8. The van der Waals surface area contributed by atoms with E-state index in [2.05, 4.69) is 0 Å². The van der Waals surface area contributed by atoms with Gasteiger partial charge in [-0.15, -0.1) is 0 Å². The summed E-state index contributed by atoms with van der Waals surface area (Å²) in [5, 5.41) is 18.7. The second-order valence-corrected chi connectivity index (χ2v) is 13.3. The van der Waals surface area contributed by atoms with Crippen molar-refractivity contribution in [3.05, 3.63) is 65.7 Å². The zero-order chi connectivity index (χ0) is 29.9. The number of sulfonamides is 1. The average Bonchev–Trinajstić information content (AvgIpc) is 3.77. The van der Waals surface area contributed by atoms with E-state index in [4.69, 9.17) is 4.74 Å². The van der Waals surface area contributed by atoms with Crippen molar-refractivity contribution in [2.24, 2.45) is 0 Å². The largest absolute Gasteiger partial charge is 0.441 e. The Bertz CT molecular complexity index is 1330. The van der Waals surface area contributed by atoms with Crippen LogP contribution >= 0.6 is 0 Å². The highest BCUT2D eigenvalue weighted by Gasteiger charge is 2.60. The Balaban J connectivity index is 1.38. The minimum atomic E-state index is -4.18. The van der Waals surface area contributed by atoms with Gasteiger partial charge in [-0.25, -0.2) is 22.0 Å². The van der Waals surface area contributed by atoms with Crippen LogP contribution in [0.25, 0.3) is 0 Å². The number of halogens is 2. The molecule has 9 nitrogen and oxygen atoms in total. The maximum atomic E-state index is 14.3. The van der Waals surface area contributed by atoms with E-state index in [9.17, 15) is 32.2 Å². The van der Waals surface area contributed by atoms with Gasteiger partial charge in [-0.1, -0.05) is 12.1 Å². The second-order valence-electron chi connectivity index (χ2n) is 11.4. The van der Waals surface area contributed by atoms with Crippen LogP contribution in [0.15, 0.2) is 53.4 Å². The molecule has 2 N–H and O–H groups in total. The Hall–Kier alpha value is -2.64. The number of carbonyl (C=O) groups is 1. The lowest BCUT2D eigenvalue weighted by Crippen LogP contribution is -2.55. The topological polar surface area (TPSA) is 111 Å². The second kappa shape index (κ2) is 12.9. The number of aliphatic hydroxyl groups is 2. The molecule has 2 atom stereocenters. The maximum Gasteiger partial charge on any atom is 0.410 e. The zero-order valence-corrected chi connectivity index (χ0v) is 24.4. The number of likely N-dealkylation sites (tertiary alicyclic amines) is 1. The van der Waals surface area contributed by atoms with E-state index in [1.54, 1.807) is 17.0 Å². The Morgan fingerprint density at radius 2 is 1.62 bits per heavy atom. The molecule has 5 rings (SSSR count). The van der Waals surface area contributed by atoms with Gasteiger partial charge in [-0.05, 0) is 86.9 Å². The lowest BCUT2D eigenvalue weighted by Gasteiger charge is -2.45. The summed E-state index contributed by atoms with van der Waals surface area (Å²) in [5.74, 6) is -1.03. The molecule has 1 amide bonds. The van der Waals surface area contributed by atoms with Crippen LogP contribution in [0.1, 0.15) is 56.6 Å². The molecule has 0 spiro atoms. The fourth-order valence-electron chi connectivity index (χ4n) is 6.57. The first-order valence-corrected chi connectivity index (χ1v) is 16.1. The fourth-order valence-corrected chi connectivity index (χ4v) is 8.49. The summed E-state index contributed by atoms with van der Waals surface area (Å²) >= 11 is 0. The minimum absolute atomic E-state index is 0.0138. The van der Waals surface area contributed by atoms with Crippen molar-refractivity contribution in [3.8, 4) is 0 Å². The number of carbonyl (C=O) groups excluding carboxylic acids is 1. The van der Waals surface area contributed by atoms with Gasteiger partial charge in [-0.2, -0.15) is 4.31 Å². The van der Waals surface area contributed by atoms with E-state index in [1.807, 2.05) is 4.90 Å². The van der Waals surface area contributed by atoms with Gasteiger partial charge < -0.3 is 19.8 Å². The highest BCUT2D eigenvalue weighted by atomic mass is 32.2. The summed E-state index contributed by atoms with van der Waals surface area (Å²) < 4.78 is 63.9. The summed E-state index contributed by atoms with van der Waals surface area (Å²) in [7, 11) is -4.18. The fraction of sp³-hybridized carbons (Fsp3) is 0.567. The number of hydrogen-bond donors (Lipinski definition) is 2. The molecular formula is C30H39F2N3O6S. The molecule has 0 radical (unpaired) electrons. The third-order valence-electron chi connectivity index (χ3n) is 8.85. The Labute approximate surface area is 245 Å². The Morgan fingerprint density at radius 3 is 2.21 bits per heavy atom. The van der Waals surface area contributed by atoms with Crippen LogP contribution in [0.5, 0.6) is 0 Å². The zero-order valence-electron chi connectivity index (χ0n) is 23.6. The first kappa shape index (κ1) is 30.8. The molecule has 0 unspecified atom stereocenters. The van der Waals surface area contributed by atoms with Crippen molar-refractivity contribution in [2.75, 3.05) is 39.4 Å². The van der Waals surface area contributed by atoms with Crippen LogP contribution < -0.4 is 0 Å². The van der Waals surface area contributed by atoms with Gasteiger partial charge in [0.1, 0.15) is 17.2 Å². The smallest absolute Gasteiger partial charge is 0.410 e. The standard InChI is InChI=1S/C30H39F2N3O6S/c31-23-7-9-26(10-8-23)42(39,40)35-27(22-3-1-4-24(32)21-22)5-2-6-28(35)30(13-14-30)41-29(38)34-15-11-25(12-16-34)33(17-19-36)18-20-37/h1,3-4,7-10,21,25,27-28,36-37H,2,5-6,11-20H2/t27-,28+/m0/s1. The molecular weight excluding hydrogens is 568 g/mol. The highest BCUT2D eigenvalue weighted by Crippen LogP contribution is 2.52. The van der Waals surface area contributed by atoms with E-state index in [1.165, 1.54) is 28.6 Å². The summed E-state index contributed by atoms with van der Waals surface area (Å²) in [5.41, 5.74) is -0.489. The molecule has 2 aromatic carbocycles. The molecule has 2 saturated heterocycles. The van der Waals surface area contributed by atoms with Crippen LogP contribution in [0, 0.1) is 11.6 Å². The molecule has 42 heavy (non-hydrogen) atoms. The normalized spacial score (nSPS) is 23.2. The van der Waals surface area contributed by atoms with Crippen LogP contribution in [-0.2, 0) is 14.8 Å². The summed E-state index contributed by atoms with van der Waals surface area (Å²) in [6.45, 7) is 1.76. The van der Waals surface area contributed by atoms with Crippen LogP contribution in [0.4, 0.5) is 13.6 Å². The number of nitrogens with zero attached hydrogens (tertiary/aromatic N) is 3.